The minimum atomic E-state index is -3.08. The maximum Gasteiger partial charge on any atom is 0.178 e. The van der Waals surface area contributed by atoms with Gasteiger partial charge in [0, 0.05) is 17.5 Å². The minimum Gasteiger partial charge on any atom is -0.381 e. The molecule has 1 aliphatic heterocycles. The van der Waals surface area contributed by atoms with Crippen LogP contribution in [0, 0.1) is 0 Å². The van der Waals surface area contributed by atoms with E-state index in [1.165, 1.54) is 18.6 Å². The van der Waals surface area contributed by atoms with Crippen molar-refractivity contribution in [3.63, 3.8) is 0 Å². The number of sulfone groups is 1. The Kier molecular flexibility index (Phi) is 4.56. The van der Waals surface area contributed by atoms with E-state index in [0.717, 1.165) is 11.4 Å². The van der Waals surface area contributed by atoms with Crippen LogP contribution in [0.2, 0.25) is 0 Å². The summed E-state index contributed by atoms with van der Waals surface area (Å²) in [7, 11) is -3.08. The third-order valence-corrected chi connectivity index (χ3v) is 6.09. The average Bonchev–Trinajstić information content (AvgIpc) is 2.40. The molecule has 3 nitrogen and oxygen atoms in total. The van der Waals surface area contributed by atoms with Crippen molar-refractivity contribution in [2.75, 3.05) is 22.6 Å². The van der Waals surface area contributed by atoms with Crippen molar-refractivity contribution in [1.29, 1.82) is 0 Å². The summed E-state index contributed by atoms with van der Waals surface area (Å²) < 4.78 is 23.4. The molecule has 0 spiro atoms. The summed E-state index contributed by atoms with van der Waals surface area (Å²) in [5.41, 5.74) is 1.01. The molecule has 0 saturated carbocycles. The number of thioether (sulfide) groups is 1. The zero-order valence-corrected chi connectivity index (χ0v) is 12.2. The first-order chi connectivity index (χ1) is 8.62. The van der Waals surface area contributed by atoms with Gasteiger partial charge < -0.3 is 5.32 Å². The summed E-state index contributed by atoms with van der Waals surface area (Å²) >= 11 is 1.97. The van der Waals surface area contributed by atoms with Gasteiger partial charge >= 0.3 is 0 Å². The van der Waals surface area contributed by atoms with Crippen LogP contribution in [0.3, 0.4) is 0 Å². The third-order valence-electron chi connectivity index (χ3n) is 3.12. The van der Waals surface area contributed by atoms with Crippen LogP contribution in [0.25, 0.3) is 0 Å². The fraction of sp³-hybridized carbons (Fsp3) is 0.538. The van der Waals surface area contributed by atoms with Crippen LogP contribution in [0.15, 0.2) is 29.2 Å². The van der Waals surface area contributed by atoms with Crippen molar-refractivity contribution in [1.82, 2.24) is 0 Å². The van der Waals surface area contributed by atoms with Gasteiger partial charge in [-0.25, -0.2) is 8.42 Å². The van der Waals surface area contributed by atoms with E-state index in [4.69, 9.17) is 0 Å². The van der Waals surface area contributed by atoms with E-state index in [1.54, 1.807) is 19.1 Å². The van der Waals surface area contributed by atoms with Crippen molar-refractivity contribution < 1.29 is 8.42 Å². The van der Waals surface area contributed by atoms with Gasteiger partial charge in [-0.1, -0.05) is 6.92 Å². The van der Waals surface area contributed by atoms with Crippen LogP contribution >= 0.6 is 11.8 Å². The maximum atomic E-state index is 11.7. The number of hydrogen-bond donors (Lipinski definition) is 1. The Morgan fingerprint density at radius 2 is 2.06 bits per heavy atom. The molecule has 2 rings (SSSR count). The topological polar surface area (TPSA) is 46.2 Å². The first kappa shape index (κ1) is 13.7. The lowest BCUT2D eigenvalue weighted by atomic mass is 10.2. The number of rotatable bonds is 4. The van der Waals surface area contributed by atoms with E-state index < -0.39 is 9.84 Å². The third kappa shape index (κ3) is 3.42. The molecule has 1 N–H and O–H groups in total. The van der Waals surface area contributed by atoms with E-state index in [2.05, 4.69) is 5.32 Å². The molecule has 1 aliphatic rings. The number of benzene rings is 1. The van der Waals surface area contributed by atoms with Crippen LogP contribution in [-0.4, -0.2) is 31.7 Å². The fourth-order valence-electron chi connectivity index (χ4n) is 2.02. The molecule has 0 aliphatic carbocycles. The van der Waals surface area contributed by atoms with Crippen molar-refractivity contribution in [2.45, 2.75) is 30.7 Å². The molecule has 0 amide bonds. The summed E-state index contributed by atoms with van der Waals surface area (Å²) in [6.07, 6.45) is 2.45. The van der Waals surface area contributed by atoms with Crippen molar-refractivity contribution in [3.05, 3.63) is 24.3 Å². The molecule has 0 aromatic heterocycles. The normalized spacial score (nSPS) is 20.6. The van der Waals surface area contributed by atoms with Gasteiger partial charge in [0.05, 0.1) is 10.6 Å². The molecule has 5 heteroatoms. The van der Waals surface area contributed by atoms with Crippen LogP contribution in [0.4, 0.5) is 5.69 Å². The Bertz CT molecular complexity index is 476. The molecular weight excluding hydrogens is 266 g/mol. The van der Waals surface area contributed by atoms with Gasteiger partial charge in [-0.05, 0) is 42.9 Å². The minimum absolute atomic E-state index is 0.152. The maximum absolute atomic E-state index is 11.7. The van der Waals surface area contributed by atoms with Gasteiger partial charge in [-0.15, -0.1) is 0 Å². The Balaban J connectivity index is 2.03. The summed E-state index contributed by atoms with van der Waals surface area (Å²) in [6, 6.07) is 7.62. The quantitative estimate of drug-likeness (QED) is 0.924. The number of anilines is 1. The summed E-state index contributed by atoms with van der Waals surface area (Å²) in [5.74, 6) is 2.54. The van der Waals surface area contributed by atoms with E-state index in [-0.39, 0.29) is 5.75 Å². The zero-order valence-electron chi connectivity index (χ0n) is 10.6. The second kappa shape index (κ2) is 5.97. The smallest absolute Gasteiger partial charge is 0.178 e. The highest BCUT2D eigenvalue weighted by atomic mass is 32.2. The van der Waals surface area contributed by atoms with E-state index in [0.29, 0.717) is 10.9 Å². The molecule has 1 fully saturated rings. The summed E-state index contributed by atoms with van der Waals surface area (Å²) in [5, 5.41) is 3.46. The van der Waals surface area contributed by atoms with Crippen molar-refractivity contribution >= 4 is 27.3 Å². The molecule has 0 radical (unpaired) electrons. The van der Waals surface area contributed by atoms with E-state index in [1.807, 2.05) is 23.9 Å². The average molecular weight is 285 g/mol. The standard InChI is InChI=1S/C13H19NO2S2/c1-2-18(15,16)13-7-5-11(6-8-13)14-12-4-3-9-17-10-12/h5-8,12,14H,2-4,9-10H2,1H3. The van der Waals surface area contributed by atoms with Crippen LogP contribution in [-0.2, 0) is 9.84 Å². The van der Waals surface area contributed by atoms with Gasteiger partial charge in [0.2, 0.25) is 0 Å². The second-order valence-electron chi connectivity index (χ2n) is 4.49. The van der Waals surface area contributed by atoms with Gasteiger partial charge in [-0.2, -0.15) is 11.8 Å². The lowest BCUT2D eigenvalue weighted by molar-refractivity contribution is 0.597. The molecule has 18 heavy (non-hydrogen) atoms. The Hall–Kier alpha value is -0.680. The predicted molar refractivity (Wildman–Crippen MR) is 78.1 cm³/mol. The van der Waals surface area contributed by atoms with Crippen LogP contribution in [0.1, 0.15) is 19.8 Å². The van der Waals surface area contributed by atoms with Crippen molar-refractivity contribution in [3.8, 4) is 0 Å². The Morgan fingerprint density at radius 1 is 1.33 bits per heavy atom. The monoisotopic (exact) mass is 285 g/mol. The summed E-state index contributed by atoms with van der Waals surface area (Å²) in [6.45, 7) is 1.67. The molecule has 1 aromatic rings. The number of nitrogens with one attached hydrogen (secondary N) is 1. The molecule has 100 valence electrons. The van der Waals surface area contributed by atoms with E-state index >= 15 is 0 Å². The first-order valence-corrected chi connectivity index (χ1v) is 9.09. The first-order valence-electron chi connectivity index (χ1n) is 6.29. The largest absolute Gasteiger partial charge is 0.381 e. The molecule has 1 saturated heterocycles. The molecule has 1 unspecified atom stereocenters. The zero-order chi connectivity index (χ0) is 13.0. The van der Waals surface area contributed by atoms with Gasteiger partial charge in [0.15, 0.2) is 9.84 Å². The molecule has 1 atom stereocenters. The molecule has 0 bridgehead atoms. The fourth-order valence-corrected chi connectivity index (χ4v) is 3.97. The second-order valence-corrected chi connectivity index (χ2v) is 7.91. The van der Waals surface area contributed by atoms with Crippen molar-refractivity contribution in [2.24, 2.45) is 0 Å². The summed E-state index contributed by atoms with van der Waals surface area (Å²) in [4.78, 5) is 0.411. The highest BCUT2D eigenvalue weighted by Crippen LogP contribution is 2.22. The van der Waals surface area contributed by atoms with Gasteiger partial charge in [-0.3, -0.25) is 0 Å². The van der Waals surface area contributed by atoms with Gasteiger partial charge in [0.1, 0.15) is 0 Å². The highest BCUT2D eigenvalue weighted by molar-refractivity contribution is 7.99. The molecular formula is C13H19NO2S2. The Morgan fingerprint density at radius 3 is 2.61 bits per heavy atom. The van der Waals surface area contributed by atoms with Crippen LogP contribution in [0.5, 0.6) is 0 Å². The Labute approximate surface area is 113 Å². The number of hydrogen-bond acceptors (Lipinski definition) is 4. The van der Waals surface area contributed by atoms with E-state index in [9.17, 15) is 8.42 Å². The molecule has 1 aromatic carbocycles. The lowest BCUT2D eigenvalue weighted by Gasteiger charge is -2.23. The molecule has 1 heterocycles. The highest BCUT2D eigenvalue weighted by Gasteiger charge is 2.14. The van der Waals surface area contributed by atoms with Gasteiger partial charge in [0.25, 0.3) is 0 Å². The lowest BCUT2D eigenvalue weighted by Crippen LogP contribution is -2.25. The SMILES string of the molecule is CCS(=O)(=O)c1ccc(NC2CCCSC2)cc1. The predicted octanol–water partition coefficient (Wildman–Crippen LogP) is 2.79. The van der Waals surface area contributed by atoms with Crippen LogP contribution < -0.4 is 5.32 Å².